The topological polar surface area (TPSA) is 88.5 Å². The van der Waals surface area contributed by atoms with Crippen LogP contribution in [0.4, 0.5) is 0 Å². The van der Waals surface area contributed by atoms with Crippen LogP contribution in [0.1, 0.15) is 44.4 Å². The van der Waals surface area contributed by atoms with Crippen molar-refractivity contribution in [2.24, 2.45) is 0 Å². The highest BCUT2D eigenvalue weighted by Crippen LogP contribution is 2.42. The molecule has 1 aliphatic heterocycles. The molecule has 8 heteroatoms. The van der Waals surface area contributed by atoms with Crippen molar-refractivity contribution in [2.45, 2.75) is 33.2 Å². The van der Waals surface area contributed by atoms with Crippen LogP contribution in [0, 0.1) is 0 Å². The molecule has 1 N–H and O–H groups in total. The average molecular weight is 523 g/mol. The van der Waals surface area contributed by atoms with Crippen LogP contribution in [-0.4, -0.2) is 73.1 Å². The van der Waals surface area contributed by atoms with E-state index in [2.05, 4.69) is 25.3 Å². The second-order valence-corrected chi connectivity index (χ2v) is 8.84. The molecule has 1 unspecified atom stereocenters. The summed E-state index contributed by atoms with van der Waals surface area (Å²) in [7, 11) is 1.55. The van der Waals surface area contributed by atoms with E-state index in [0.29, 0.717) is 54.6 Å². The Balaban J connectivity index is 2.09. The molecular formula is C30H38N2O6. The van der Waals surface area contributed by atoms with Gasteiger partial charge in [-0.25, -0.2) is 0 Å². The van der Waals surface area contributed by atoms with E-state index >= 15 is 0 Å². The van der Waals surface area contributed by atoms with Gasteiger partial charge in [-0.3, -0.25) is 9.59 Å². The van der Waals surface area contributed by atoms with E-state index in [1.807, 2.05) is 6.92 Å². The first-order valence-corrected chi connectivity index (χ1v) is 13.1. The molecule has 0 radical (unpaired) electrons. The number of methoxy groups -OCH3 is 1. The zero-order chi connectivity index (χ0) is 27.7. The molecule has 1 saturated heterocycles. The van der Waals surface area contributed by atoms with Gasteiger partial charge in [0.2, 0.25) is 0 Å². The van der Waals surface area contributed by atoms with Crippen molar-refractivity contribution in [3.8, 4) is 17.2 Å². The Labute approximate surface area is 225 Å². The molecule has 0 saturated carbocycles. The van der Waals surface area contributed by atoms with E-state index in [4.69, 9.17) is 14.2 Å². The van der Waals surface area contributed by atoms with Crippen LogP contribution < -0.4 is 14.2 Å². The third kappa shape index (κ3) is 6.37. The predicted molar refractivity (Wildman–Crippen MR) is 148 cm³/mol. The fraction of sp³-hybridized carbons (Fsp3) is 0.400. The number of carbonyl (C=O) groups is 2. The fourth-order valence-electron chi connectivity index (χ4n) is 4.60. The molecule has 38 heavy (non-hydrogen) atoms. The number of amides is 1. The Kier molecular flexibility index (Phi) is 10.4. The van der Waals surface area contributed by atoms with Crippen molar-refractivity contribution in [3.63, 3.8) is 0 Å². The van der Waals surface area contributed by atoms with Crippen LogP contribution in [0.15, 0.2) is 60.7 Å². The summed E-state index contributed by atoms with van der Waals surface area (Å²) < 4.78 is 16.8. The molecule has 8 nitrogen and oxygen atoms in total. The average Bonchev–Trinajstić information content (AvgIpc) is 3.19. The van der Waals surface area contributed by atoms with Crippen molar-refractivity contribution in [3.05, 3.63) is 71.8 Å². The number of ether oxygens (including phenoxy) is 3. The Morgan fingerprint density at radius 2 is 1.76 bits per heavy atom. The lowest BCUT2D eigenvalue weighted by Gasteiger charge is -2.27. The summed E-state index contributed by atoms with van der Waals surface area (Å²) in [6.45, 7) is 13.4. The Hall–Kier alpha value is -3.78. The number of aliphatic hydroxyl groups excluding tert-OH is 1. The van der Waals surface area contributed by atoms with Crippen LogP contribution in [0.3, 0.4) is 0 Å². The maximum absolute atomic E-state index is 13.4. The van der Waals surface area contributed by atoms with Gasteiger partial charge in [0.25, 0.3) is 11.7 Å². The molecule has 204 valence electrons. The third-order valence-corrected chi connectivity index (χ3v) is 6.61. The van der Waals surface area contributed by atoms with Gasteiger partial charge in [0.15, 0.2) is 11.5 Å². The Morgan fingerprint density at radius 1 is 1.05 bits per heavy atom. The van der Waals surface area contributed by atoms with Crippen LogP contribution in [-0.2, 0) is 9.59 Å². The monoisotopic (exact) mass is 522 g/mol. The molecule has 1 aliphatic rings. The lowest BCUT2D eigenvalue weighted by Crippen LogP contribution is -2.33. The lowest BCUT2D eigenvalue weighted by molar-refractivity contribution is -0.140. The molecule has 1 amide bonds. The molecule has 2 aromatic rings. The summed E-state index contributed by atoms with van der Waals surface area (Å²) in [5, 5.41) is 11.3. The van der Waals surface area contributed by atoms with Crippen LogP contribution in [0.2, 0.25) is 0 Å². The van der Waals surface area contributed by atoms with Crippen molar-refractivity contribution < 1.29 is 28.9 Å². The standard InChI is InChI=1S/C30H38N2O6/c1-6-19-38-24-16-13-22(20-25(24)37-9-4)27-26(28(33)21-11-14-23(36-5)15-12-21)29(34)30(35)32(27)18-10-17-31(7-2)8-3/h6,11-16,20,27,33H,1,7-10,17-19H2,2-5H3/b28-26+. The minimum absolute atomic E-state index is 0.0465. The zero-order valence-electron chi connectivity index (χ0n) is 22.7. The van der Waals surface area contributed by atoms with Gasteiger partial charge in [-0.15, -0.1) is 0 Å². The van der Waals surface area contributed by atoms with E-state index in [0.717, 1.165) is 19.6 Å². The number of ketones is 1. The van der Waals surface area contributed by atoms with Crippen molar-refractivity contribution in [1.82, 2.24) is 9.80 Å². The van der Waals surface area contributed by atoms with Crippen molar-refractivity contribution in [1.29, 1.82) is 0 Å². The molecule has 0 bridgehead atoms. The number of aliphatic hydroxyl groups is 1. The van der Waals surface area contributed by atoms with E-state index in [1.54, 1.807) is 60.6 Å². The molecule has 1 heterocycles. The van der Waals surface area contributed by atoms with E-state index < -0.39 is 17.7 Å². The Morgan fingerprint density at radius 3 is 2.37 bits per heavy atom. The maximum atomic E-state index is 13.4. The molecule has 3 rings (SSSR count). The van der Waals surface area contributed by atoms with Crippen molar-refractivity contribution in [2.75, 3.05) is 46.5 Å². The molecular weight excluding hydrogens is 484 g/mol. The van der Waals surface area contributed by atoms with Gasteiger partial charge in [-0.2, -0.15) is 0 Å². The number of hydrogen-bond donors (Lipinski definition) is 1. The summed E-state index contributed by atoms with van der Waals surface area (Å²) in [5.74, 6) is 0.0680. The van der Waals surface area contributed by atoms with Gasteiger partial charge in [0.1, 0.15) is 18.1 Å². The van der Waals surface area contributed by atoms with E-state index in [-0.39, 0.29) is 11.3 Å². The van der Waals surface area contributed by atoms with Gasteiger partial charge < -0.3 is 29.1 Å². The zero-order valence-corrected chi connectivity index (χ0v) is 22.7. The van der Waals surface area contributed by atoms with Gasteiger partial charge in [-0.1, -0.05) is 32.6 Å². The van der Waals surface area contributed by atoms with Gasteiger partial charge >= 0.3 is 0 Å². The molecule has 1 fully saturated rings. The maximum Gasteiger partial charge on any atom is 0.295 e. The molecule has 0 aromatic heterocycles. The molecule has 1 atom stereocenters. The quantitative estimate of drug-likeness (QED) is 0.165. The SMILES string of the molecule is C=CCOc1ccc(C2/C(=C(\O)c3ccc(OC)cc3)C(=O)C(=O)N2CCCN(CC)CC)cc1OCC. The first kappa shape index (κ1) is 28.8. The van der Waals surface area contributed by atoms with E-state index in [9.17, 15) is 14.7 Å². The number of likely N-dealkylation sites (tertiary alicyclic amines) is 1. The Bertz CT molecular complexity index is 1150. The molecule has 0 aliphatic carbocycles. The summed E-state index contributed by atoms with van der Waals surface area (Å²) in [6.07, 6.45) is 2.33. The predicted octanol–water partition coefficient (Wildman–Crippen LogP) is 4.81. The summed E-state index contributed by atoms with van der Waals surface area (Å²) >= 11 is 0. The number of benzene rings is 2. The van der Waals surface area contributed by atoms with Crippen LogP contribution in [0.5, 0.6) is 17.2 Å². The third-order valence-electron chi connectivity index (χ3n) is 6.61. The number of rotatable bonds is 14. The minimum Gasteiger partial charge on any atom is -0.507 e. The van der Waals surface area contributed by atoms with Crippen molar-refractivity contribution >= 4 is 17.4 Å². The number of Topliss-reactive ketones (excluding diaryl/α,β-unsaturated/α-hetero) is 1. The number of carbonyl (C=O) groups excluding carboxylic acids is 2. The van der Waals surface area contributed by atoms with Crippen LogP contribution >= 0.6 is 0 Å². The first-order valence-electron chi connectivity index (χ1n) is 13.1. The normalized spacial score (nSPS) is 16.7. The van der Waals surface area contributed by atoms with E-state index in [1.165, 1.54) is 0 Å². The van der Waals surface area contributed by atoms with Gasteiger partial charge in [0.05, 0.1) is 25.3 Å². The highest BCUT2D eigenvalue weighted by atomic mass is 16.5. The highest BCUT2D eigenvalue weighted by Gasteiger charge is 2.46. The fourth-order valence-corrected chi connectivity index (χ4v) is 4.60. The van der Waals surface area contributed by atoms with Gasteiger partial charge in [0, 0.05) is 12.1 Å². The second-order valence-electron chi connectivity index (χ2n) is 8.84. The lowest BCUT2D eigenvalue weighted by atomic mass is 9.95. The highest BCUT2D eigenvalue weighted by molar-refractivity contribution is 6.46. The largest absolute Gasteiger partial charge is 0.507 e. The smallest absolute Gasteiger partial charge is 0.295 e. The summed E-state index contributed by atoms with van der Waals surface area (Å²) in [5.41, 5.74) is 1.12. The van der Waals surface area contributed by atoms with Crippen LogP contribution in [0.25, 0.3) is 5.76 Å². The summed E-state index contributed by atoms with van der Waals surface area (Å²) in [4.78, 5) is 30.5. The van der Waals surface area contributed by atoms with Gasteiger partial charge in [-0.05, 0) is 74.9 Å². The summed E-state index contributed by atoms with van der Waals surface area (Å²) in [6, 6.07) is 11.3. The first-order chi connectivity index (χ1) is 18.4. The minimum atomic E-state index is -0.776. The second kappa shape index (κ2) is 13.7. The molecule has 2 aromatic carbocycles. The number of nitrogens with zero attached hydrogens (tertiary/aromatic N) is 2. The molecule has 0 spiro atoms. The number of hydrogen-bond acceptors (Lipinski definition) is 7.